The van der Waals surface area contributed by atoms with Crippen LogP contribution in [0.3, 0.4) is 0 Å². The molecule has 78 valence electrons. The smallest absolute Gasteiger partial charge is 0.408 e. The van der Waals surface area contributed by atoms with Crippen molar-refractivity contribution in [3.8, 4) is 0 Å². The lowest BCUT2D eigenvalue weighted by Crippen LogP contribution is -2.42. The zero-order valence-electron chi connectivity index (χ0n) is 8.91. The molecule has 0 saturated heterocycles. The number of aliphatic hydroxyl groups excluding tert-OH is 2. The summed E-state index contributed by atoms with van der Waals surface area (Å²) < 4.78 is 11.9. The number of hydrogen-bond acceptors (Lipinski definition) is 4. The normalized spacial score (nSPS) is 12.5. The van der Waals surface area contributed by atoms with Crippen LogP contribution in [0.25, 0.3) is 0 Å². The van der Waals surface area contributed by atoms with E-state index >= 15 is 0 Å². The average Bonchev–Trinajstić information content (AvgIpc) is 2.13. The fraction of sp³-hybridized carbons (Fsp3) is 0.875. The van der Waals surface area contributed by atoms with Crippen LogP contribution in [0.15, 0.2) is 0 Å². The van der Waals surface area contributed by atoms with Crippen molar-refractivity contribution in [2.75, 3.05) is 13.2 Å². The summed E-state index contributed by atoms with van der Waals surface area (Å²) in [4.78, 5) is 11.1. The number of nitrogens with one attached hydrogen (secondary N) is 1. The van der Waals surface area contributed by atoms with Crippen molar-refractivity contribution in [1.29, 1.82) is 0 Å². The molecule has 0 bridgehead atoms. The van der Waals surface area contributed by atoms with Crippen molar-refractivity contribution in [1.82, 2.24) is 5.32 Å². The van der Waals surface area contributed by atoms with Crippen LogP contribution in [-0.2, 0) is 4.74 Å². The maximum Gasteiger partial charge on any atom is 0.408 e. The van der Waals surface area contributed by atoms with E-state index < -0.39 is 17.7 Å². The number of hydrogen-bond donors (Lipinski definition) is 3. The zero-order valence-corrected chi connectivity index (χ0v) is 7.91. The van der Waals surface area contributed by atoms with E-state index in [1.165, 1.54) is 0 Å². The summed E-state index contributed by atoms with van der Waals surface area (Å²) in [5.41, 5.74) is -0.862. The SMILES string of the molecule is [2H]CC(C)(C)OC(=O)NC(CO)CO. The molecular formula is C8H17NO4. The predicted molar refractivity (Wildman–Crippen MR) is 47.3 cm³/mol. The molecule has 3 N–H and O–H groups in total. The molecule has 0 aromatic heterocycles. The van der Waals surface area contributed by atoms with Crippen LogP contribution < -0.4 is 5.32 Å². The second kappa shape index (κ2) is 5.04. The third kappa shape index (κ3) is 6.36. The van der Waals surface area contributed by atoms with Gasteiger partial charge in [-0.1, -0.05) is 0 Å². The number of rotatable bonds is 3. The van der Waals surface area contributed by atoms with E-state index in [9.17, 15) is 4.79 Å². The topological polar surface area (TPSA) is 78.8 Å². The summed E-state index contributed by atoms with van der Waals surface area (Å²) in [7, 11) is 0. The van der Waals surface area contributed by atoms with Gasteiger partial charge >= 0.3 is 6.09 Å². The summed E-state index contributed by atoms with van der Waals surface area (Å²) in [6, 6.07) is -0.718. The molecule has 0 aliphatic rings. The second-order valence-corrected chi connectivity index (χ2v) is 3.36. The van der Waals surface area contributed by atoms with Crippen molar-refractivity contribution in [2.24, 2.45) is 0 Å². The molecule has 0 unspecified atom stereocenters. The molecule has 5 nitrogen and oxygen atoms in total. The Balaban J connectivity index is 3.97. The van der Waals surface area contributed by atoms with E-state index in [1.54, 1.807) is 13.8 Å². The summed E-state index contributed by atoms with van der Waals surface area (Å²) in [6.45, 7) is 2.45. The highest BCUT2D eigenvalue weighted by Crippen LogP contribution is 2.06. The molecule has 0 aliphatic heterocycles. The van der Waals surface area contributed by atoms with Crippen molar-refractivity contribution in [3.05, 3.63) is 0 Å². The van der Waals surface area contributed by atoms with Gasteiger partial charge in [0.1, 0.15) is 5.60 Å². The van der Waals surface area contributed by atoms with Gasteiger partial charge in [-0.25, -0.2) is 4.79 Å². The first kappa shape index (κ1) is 10.3. The second-order valence-electron chi connectivity index (χ2n) is 3.36. The Labute approximate surface area is 79.1 Å². The Hall–Kier alpha value is -0.810. The monoisotopic (exact) mass is 192 g/mol. The van der Waals surface area contributed by atoms with Gasteiger partial charge in [-0.15, -0.1) is 0 Å². The van der Waals surface area contributed by atoms with Gasteiger partial charge in [0.2, 0.25) is 0 Å². The maximum absolute atomic E-state index is 11.1. The molecule has 5 heteroatoms. The molecule has 0 spiro atoms. The van der Waals surface area contributed by atoms with Crippen LogP contribution in [0.5, 0.6) is 0 Å². The van der Waals surface area contributed by atoms with Crippen LogP contribution in [-0.4, -0.2) is 41.2 Å². The van der Waals surface area contributed by atoms with Crippen molar-refractivity contribution >= 4 is 6.09 Å². The lowest BCUT2D eigenvalue weighted by atomic mass is 10.2. The summed E-state index contributed by atoms with van der Waals surface area (Å²) in [6.07, 6.45) is -0.740. The molecule has 0 heterocycles. The highest BCUT2D eigenvalue weighted by Gasteiger charge is 2.18. The third-order valence-corrected chi connectivity index (χ3v) is 1.13. The van der Waals surface area contributed by atoms with E-state index in [2.05, 4.69) is 5.32 Å². The minimum absolute atomic E-state index is 0.0522. The quantitative estimate of drug-likeness (QED) is 0.581. The summed E-state index contributed by atoms with van der Waals surface area (Å²) in [5, 5.41) is 19.6. The van der Waals surface area contributed by atoms with Gasteiger partial charge < -0.3 is 20.3 Å². The van der Waals surface area contributed by atoms with E-state index in [0.717, 1.165) is 0 Å². The first-order chi connectivity index (χ1) is 6.45. The first-order valence-electron chi connectivity index (χ1n) is 4.66. The van der Waals surface area contributed by atoms with Gasteiger partial charge in [0.25, 0.3) is 0 Å². The Morgan fingerprint density at radius 2 is 2.15 bits per heavy atom. The molecule has 0 rings (SSSR count). The largest absolute Gasteiger partial charge is 0.444 e. The third-order valence-electron chi connectivity index (χ3n) is 1.13. The molecular weight excluding hydrogens is 174 g/mol. The zero-order chi connectivity index (χ0) is 11.2. The molecule has 0 aromatic rings. The molecule has 0 radical (unpaired) electrons. The number of carbonyl (C=O) groups is 1. The lowest BCUT2D eigenvalue weighted by Gasteiger charge is -2.21. The fourth-order valence-electron chi connectivity index (χ4n) is 0.596. The van der Waals surface area contributed by atoms with Gasteiger partial charge in [-0.05, 0) is 20.7 Å². The van der Waals surface area contributed by atoms with E-state index in [1.807, 2.05) is 0 Å². The summed E-state index contributed by atoms with van der Waals surface area (Å²) >= 11 is 0. The van der Waals surface area contributed by atoms with Gasteiger partial charge in [0.05, 0.1) is 19.3 Å². The molecule has 0 atom stereocenters. The average molecular weight is 192 g/mol. The minimum atomic E-state index is -0.862. The van der Waals surface area contributed by atoms with Crippen LogP contribution in [0, 0.1) is 0 Å². The lowest BCUT2D eigenvalue weighted by molar-refractivity contribution is 0.0450. The minimum Gasteiger partial charge on any atom is -0.444 e. The number of amides is 1. The predicted octanol–water partition coefficient (Wildman–Crippen LogP) is -0.136. The highest BCUT2D eigenvalue weighted by atomic mass is 16.6. The van der Waals surface area contributed by atoms with Crippen molar-refractivity contribution in [3.63, 3.8) is 0 Å². The molecule has 0 saturated carbocycles. The molecule has 1 amide bonds. The first-order valence-corrected chi connectivity index (χ1v) is 3.95. The Kier molecular flexibility index (Phi) is 3.98. The number of alkyl carbamates (subject to hydrolysis) is 1. The Bertz CT molecular complexity index is 182. The molecule has 0 aliphatic carbocycles. The Morgan fingerprint density at radius 3 is 2.54 bits per heavy atom. The molecule has 0 fully saturated rings. The fourth-order valence-corrected chi connectivity index (χ4v) is 0.596. The van der Waals surface area contributed by atoms with Crippen LogP contribution >= 0.6 is 0 Å². The Morgan fingerprint density at radius 1 is 1.62 bits per heavy atom. The van der Waals surface area contributed by atoms with E-state index in [-0.39, 0.29) is 20.1 Å². The highest BCUT2D eigenvalue weighted by molar-refractivity contribution is 5.68. The number of carbonyl (C=O) groups excluding carboxylic acids is 1. The van der Waals surface area contributed by atoms with Crippen LogP contribution in [0.1, 0.15) is 22.1 Å². The summed E-state index contributed by atoms with van der Waals surface area (Å²) in [5.74, 6) is 0. The standard InChI is InChI=1S/C8H17NO4/c1-8(2,3)13-7(12)9-6(4-10)5-11/h6,10-11H,4-5H2,1-3H3,(H,9,12)/i1D. The van der Waals surface area contributed by atoms with Crippen molar-refractivity contribution < 1.29 is 21.1 Å². The maximum atomic E-state index is 11.1. The molecule has 0 aromatic carbocycles. The molecule has 13 heavy (non-hydrogen) atoms. The van der Waals surface area contributed by atoms with Crippen LogP contribution in [0.2, 0.25) is 0 Å². The van der Waals surface area contributed by atoms with E-state index in [0.29, 0.717) is 0 Å². The van der Waals surface area contributed by atoms with E-state index in [4.69, 9.17) is 16.3 Å². The van der Waals surface area contributed by atoms with Crippen LogP contribution in [0.4, 0.5) is 4.79 Å². The number of aliphatic hydroxyl groups is 2. The number of ether oxygens (including phenoxy) is 1. The van der Waals surface area contributed by atoms with Crippen molar-refractivity contribution in [2.45, 2.75) is 32.4 Å². The van der Waals surface area contributed by atoms with Gasteiger partial charge in [0.15, 0.2) is 0 Å². The van der Waals surface area contributed by atoms with Gasteiger partial charge in [-0.2, -0.15) is 0 Å². The van der Waals surface area contributed by atoms with Gasteiger partial charge in [-0.3, -0.25) is 0 Å². The van der Waals surface area contributed by atoms with Gasteiger partial charge in [0, 0.05) is 1.37 Å².